The molecule has 0 spiro atoms. The summed E-state index contributed by atoms with van der Waals surface area (Å²) in [6.07, 6.45) is 2.22. The minimum atomic E-state index is -0.306. The van der Waals surface area contributed by atoms with Crippen LogP contribution in [0.25, 0.3) is 0 Å². The SMILES string of the molecule is C[C@@H](C(N)=O)N(Cc1ccc(F)cc1)C1CC1. The van der Waals surface area contributed by atoms with E-state index in [-0.39, 0.29) is 17.8 Å². The Kier molecular flexibility index (Phi) is 3.43. The highest BCUT2D eigenvalue weighted by Crippen LogP contribution is 2.30. The van der Waals surface area contributed by atoms with Gasteiger partial charge in [-0.2, -0.15) is 0 Å². The van der Waals surface area contributed by atoms with Gasteiger partial charge in [0, 0.05) is 12.6 Å². The van der Waals surface area contributed by atoms with E-state index in [2.05, 4.69) is 4.90 Å². The van der Waals surface area contributed by atoms with E-state index in [4.69, 9.17) is 5.73 Å². The van der Waals surface area contributed by atoms with Crippen LogP contribution in [0, 0.1) is 5.82 Å². The topological polar surface area (TPSA) is 46.3 Å². The van der Waals surface area contributed by atoms with Crippen molar-refractivity contribution < 1.29 is 9.18 Å². The second-order valence-electron chi connectivity index (χ2n) is 4.61. The monoisotopic (exact) mass is 236 g/mol. The lowest BCUT2D eigenvalue weighted by molar-refractivity contribution is -0.123. The van der Waals surface area contributed by atoms with E-state index in [0.29, 0.717) is 12.6 Å². The van der Waals surface area contributed by atoms with Gasteiger partial charge in [0.25, 0.3) is 0 Å². The maximum atomic E-state index is 12.8. The molecule has 1 aromatic carbocycles. The zero-order chi connectivity index (χ0) is 12.4. The molecule has 0 aromatic heterocycles. The Balaban J connectivity index is 2.07. The minimum absolute atomic E-state index is 0.241. The summed E-state index contributed by atoms with van der Waals surface area (Å²) in [7, 11) is 0. The van der Waals surface area contributed by atoms with Crippen LogP contribution in [0.3, 0.4) is 0 Å². The Hall–Kier alpha value is -1.42. The molecule has 1 atom stereocenters. The number of nitrogens with two attached hydrogens (primary N) is 1. The van der Waals surface area contributed by atoms with E-state index in [1.54, 1.807) is 12.1 Å². The first kappa shape index (κ1) is 12.0. The smallest absolute Gasteiger partial charge is 0.234 e. The van der Waals surface area contributed by atoms with Crippen LogP contribution in [0.5, 0.6) is 0 Å². The number of amides is 1. The summed E-state index contributed by atoms with van der Waals surface area (Å²) in [6, 6.07) is 6.55. The van der Waals surface area contributed by atoms with Crippen molar-refractivity contribution in [1.82, 2.24) is 4.90 Å². The van der Waals surface area contributed by atoms with Crippen LogP contribution >= 0.6 is 0 Å². The fraction of sp³-hybridized carbons (Fsp3) is 0.462. The molecule has 0 saturated heterocycles. The predicted octanol–water partition coefficient (Wildman–Crippen LogP) is 1.66. The molecule has 0 radical (unpaired) electrons. The number of halogens is 1. The molecule has 0 unspecified atom stereocenters. The third kappa shape index (κ3) is 3.03. The molecular weight excluding hydrogens is 219 g/mol. The number of carbonyl (C=O) groups excluding carboxylic acids is 1. The van der Waals surface area contributed by atoms with Crippen molar-refractivity contribution in [3.63, 3.8) is 0 Å². The number of primary amides is 1. The summed E-state index contributed by atoms with van der Waals surface area (Å²) >= 11 is 0. The molecule has 0 aliphatic heterocycles. The second kappa shape index (κ2) is 4.84. The Morgan fingerprint density at radius 3 is 2.53 bits per heavy atom. The first-order valence-electron chi connectivity index (χ1n) is 5.87. The zero-order valence-electron chi connectivity index (χ0n) is 9.90. The average Bonchev–Trinajstić information content (AvgIpc) is 3.11. The fourth-order valence-corrected chi connectivity index (χ4v) is 1.95. The van der Waals surface area contributed by atoms with Crippen LogP contribution in [0.15, 0.2) is 24.3 Å². The molecular formula is C13H17FN2O. The van der Waals surface area contributed by atoms with E-state index >= 15 is 0 Å². The molecule has 3 nitrogen and oxygen atoms in total. The van der Waals surface area contributed by atoms with Gasteiger partial charge >= 0.3 is 0 Å². The summed E-state index contributed by atoms with van der Waals surface area (Å²) in [4.78, 5) is 13.3. The number of hydrogen-bond donors (Lipinski definition) is 1. The number of hydrogen-bond acceptors (Lipinski definition) is 2. The molecule has 4 heteroatoms. The van der Waals surface area contributed by atoms with Crippen molar-refractivity contribution in [2.75, 3.05) is 0 Å². The van der Waals surface area contributed by atoms with Crippen LogP contribution < -0.4 is 5.73 Å². The molecule has 2 rings (SSSR count). The van der Waals surface area contributed by atoms with E-state index in [1.807, 2.05) is 6.92 Å². The van der Waals surface area contributed by atoms with Gasteiger partial charge in [-0.15, -0.1) is 0 Å². The number of rotatable bonds is 5. The lowest BCUT2D eigenvalue weighted by atomic mass is 10.1. The largest absolute Gasteiger partial charge is 0.368 e. The quantitative estimate of drug-likeness (QED) is 0.845. The average molecular weight is 236 g/mol. The van der Waals surface area contributed by atoms with Crippen LogP contribution in [0.2, 0.25) is 0 Å². The molecule has 1 aliphatic rings. The fourth-order valence-electron chi connectivity index (χ4n) is 1.95. The zero-order valence-corrected chi connectivity index (χ0v) is 9.90. The van der Waals surface area contributed by atoms with Crippen LogP contribution in [0.4, 0.5) is 4.39 Å². The minimum Gasteiger partial charge on any atom is -0.368 e. The molecule has 2 N–H and O–H groups in total. The Morgan fingerprint density at radius 1 is 1.47 bits per heavy atom. The Labute approximate surface area is 100 Å². The van der Waals surface area contributed by atoms with Gasteiger partial charge < -0.3 is 5.73 Å². The summed E-state index contributed by atoms with van der Waals surface area (Å²) < 4.78 is 12.8. The predicted molar refractivity (Wildman–Crippen MR) is 63.6 cm³/mol. The normalized spacial score (nSPS) is 17.1. The number of benzene rings is 1. The second-order valence-corrected chi connectivity index (χ2v) is 4.61. The van der Waals surface area contributed by atoms with Gasteiger partial charge in [-0.05, 0) is 37.5 Å². The summed E-state index contributed by atoms with van der Waals surface area (Å²) in [5, 5.41) is 0. The van der Waals surface area contributed by atoms with Gasteiger partial charge in [0.1, 0.15) is 5.82 Å². The summed E-state index contributed by atoms with van der Waals surface area (Å²) in [6.45, 7) is 2.47. The summed E-state index contributed by atoms with van der Waals surface area (Å²) in [5.41, 5.74) is 6.35. The van der Waals surface area contributed by atoms with Gasteiger partial charge in [-0.1, -0.05) is 12.1 Å². The molecule has 1 aromatic rings. The standard InChI is InChI=1S/C13H17FN2O/c1-9(13(15)17)16(12-6-7-12)8-10-2-4-11(14)5-3-10/h2-5,9,12H,6-8H2,1H3,(H2,15,17)/t9-/m0/s1. The van der Waals surface area contributed by atoms with Crippen LogP contribution in [-0.4, -0.2) is 22.9 Å². The van der Waals surface area contributed by atoms with Gasteiger partial charge in [0.2, 0.25) is 5.91 Å². The van der Waals surface area contributed by atoms with Crippen molar-refractivity contribution in [2.45, 2.75) is 38.4 Å². The highest BCUT2D eigenvalue weighted by atomic mass is 19.1. The molecule has 1 aliphatic carbocycles. The van der Waals surface area contributed by atoms with Gasteiger partial charge in [-0.3, -0.25) is 9.69 Å². The van der Waals surface area contributed by atoms with Crippen LogP contribution in [0.1, 0.15) is 25.3 Å². The highest BCUT2D eigenvalue weighted by Gasteiger charge is 2.34. The molecule has 92 valence electrons. The lowest BCUT2D eigenvalue weighted by Gasteiger charge is -2.26. The first-order valence-corrected chi connectivity index (χ1v) is 5.87. The van der Waals surface area contributed by atoms with E-state index in [0.717, 1.165) is 18.4 Å². The van der Waals surface area contributed by atoms with E-state index < -0.39 is 0 Å². The Morgan fingerprint density at radius 2 is 2.06 bits per heavy atom. The van der Waals surface area contributed by atoms with Crippen molar-refractivity contribution in [1.29, 1.82) is 0 Å². The molecule has 1 fully saturated rings. The van der Waals surface area contributed by atoms with Crippen molar-refractivity contribution in [2.24, 2.45) is 5.73 Å². The van der Waals surface area contributed by atoms with E-state index in [9.17, 15) is 9.18 Å². The number of carbonyl (C=O) groups is 1. The molecule has 17 heavy (non-hydrogen) atoms. The third-order valence-corrected chi connectivity index (χ3v) is 3.20. The molecule has 0 bridgehead atoms. The molecule has 1 amide bonds. The highest BCUT2D eigenvalue weighted by molar-refractivity contribution is 5.79. The first-order chi connectivity index (χ1) is 8.08. The Bertz CT molecular complexity index is 400. The number of nitrogens with zero attached hydrogens (tertiary/aromatic N) is 1. The van der Waals surface area contributed by atoms with Gasteiger partial charge in [0.05, 0.1) is 6.04 Å². The lowest BCUT2D eigenvalue weighted by Crippen LogP contribution is -2.43. The molecule has 0 heterocycles. The van der Waals surface area contributed by atoms with Gasteiger partial charge in [0.15, 0.2) is 0 Å². The summed E-state index contributed by atoms with van der Waals surface area (Å²) in [5.74, 6) is -0.548. The van der Waals surface area contributed by atoms with Gasteiger partial charge in [-0.25, -0.2) is 4.39 Å². The van der Waals surface area contributed by atoms with Crippen molar-refractivity contribution >= 4 is 5.91 Å². The van der Waals surface area contributed by atoms with Crippen LogP contribution in [-0.2, 0) is 11.3 Å². The van der Waals surface area contributed by atoms with E-state index in [1.165, 1.54) is 12.1 Å². The maximum Gasteiger partial charge on any atom is 0.234 e. The van der Waals surface area contributed by atoms with Crippen molar-refractivity contribution in [3.8, 4) is 0 Å². The third-order valence-electron chi connectivity index (χ3n) is 3.20. The molecule has 1 saturated carbocycles. The van der Waals surface area contributed by atoms with Crippen molar-refractivity contribution in [3.05, 3.63) is 35.6 Å². The maximum absolute atomic E-state index is 12.8.